The standard InChI is InChI=1S/C10H8N2O3/c1-2-7-11-10(13)15-9-5-3-8(12-14)4-6-9/h1,3-6H,7H2,(H,11,13). The van der Waals surface area contributed by atoms with Crippen LogP contribution in [0.5, 0.6) is 5.75 Å². The number of nitrogens with one attached hydrogen (secondary N) is 1. The summed E-state index contributed by atoms with van der Waals surface area (Å²) in [6.45, 7) is 0.104. The lowest BCUT2D eigenvalue weighted by Crippen LogP contribution is -2.26. The van der Waals surface area contributed by atoms with Gasteiger partial charge in [0.2, 0.25) is 0 Å². The monoisotopic (exact) mass is 204 g/mol. The first-order valence-corrected chi connectivity index (χ1v) is 4.09. The zero-order chi connectivity index (χ0) is 11.1. The quantitative estimate of drug-likeness (QED) is 0.603. The minimum atomic E-state index is -0.639. The molecule has 0 heterocycles. The number of carbonyl (C=O) groups excluding carboxylic acids is 1. The van der Waals surface area contributed by atoms with Gasteiger partial charge in [-0.3, -0.25) is 0 Å². The minimum absolute atomic E-state index is 0.104. The van der Waals surface area contributed by atoms with E-state index in [4.69, 9.17) is 11.2 Å². The Labute approximate surface area is 86.4 Å². The summed E-state index contributed by atoms with van der Waals surface area (Å²) in [5.74, 6) is 2.55. The molecule has 0 fully saturated rings. The van der Waals surface area contributed by atoms with Crippen LogP contribution < -0.4 is 10.1 Å². The average molecular weight is 204 g/mol. The summed E-state index contributed by atoms with van der Waals surface area (Å²) >= 11 is 0. The Balaban J connectivity index is 2.54. The van der Waals surface area contributed by atoms with Crippen LogP contribution >= 0.6 is 0 Å². The number of rotatable bonds is 3. The van der Waals surface area contributed by atoms with Crippen LogP contribution in [-0.4, -0.2) is 12.6 Å². The van der Waals surface area contributed by atoms with Crippen molar-refractivity contribution < 1.29 is 9.53 Å². The Hall–Kier alpha value is -2.35. The van der Waals surface area contributed by atoms with Crippen LogP contribution in [-0.2, 0) is 0 Å². The van der Waals surface area contributed by atoms with Crippen molar-refractivity contribution >= 4 is 11.8 Å². The van der Waals surface area contributed by atoms with Crippen LogP contribution in [0.1, 0.15) is 0 Å². The second kappa shape index (κ2) is 5.40. The molecule has 5 nitrogen and oxygen atoms in total. The third-order valence-electron chi connectivity index (χ3n) is 1.49. The molecule has 0 bridgehead atoms. The van der Waals surface area contributed by atoms with Crippen molar-refractivity contribution in [3.05, 3.63) is 29.2 Å². The lowest BCUT2D eigenvalue weighted by atomic mass is 10.3. The topological polar surface area (TPSA) is 67.8 Å². The van der Waals surface area contributed by atoms with E-state index in [-0.39, 0.29) is 12.2 Å². The molecule has 0 saturated heterocycles. The second-order valence-electron chi connectivity index (χ2n) is 2.53. The van der Waals surface area contributed by atoms with E-state index >= 15 is 0 Å². The zero-order valence-corrected chi connectivity index (χ0v) is 7.77. The number of nitroso groups, excluding NO2 is 1. The molecule has 0 unspecified atom stereocenters. The summed E-state index contributed by atoms with van der Waals surface area (Å²) in [5.41, 5.74) is 0.270. The van der Waals surface area contributed by atoms with Crippen molar-refractivity contribution in [2.24, 2.45) is 5.18 Å². The van der Waals surface area contributed by atoms with Crippen LogP contribution in [0.15, 0.2) is 29.4 Å². The van der Waals surface area contributed by atoms with Crippen molar-refractivity contribution in [1.29, 1.82) is 0 Å². The van der Waals surface area contributed by atoms with Gasteiger partial charge in [0.05, 0.1) is 6.54 Å². The number of benzene rings is 1. The molecule has 1 aromatic carbocycles. The summed E-state index contributed by atoms with van der Waals surface area (Å²) in [4.78, 5) is 21.1. The fraction of sp³-hybridized carbons (Fsp3) is 0.100. The molecule has 0 atom stereocenters. The number of nitrogens with zero attached hydrogens (tertiary/aromatic N) is 1. The van der Waals surface area contributed by atoms with E-state index in [1.807, 2.05) is 0 Å². The Morgan fingerprint density at radius 3 is 2.67 bits per heavy atom. The molecule has 0 aliphatic carbocycles. The molecule has 76 valence electrons. The van der Waals surface area contributed by atoms with Crippen LogP contribution in [0.25, 0.3) is 0 Å². The van der Waals surface area contributed by atoms with Crippen molar-refractivity contribution in [3.63, 3.8) is 0 Å². The molecule has 1 N–H and O–H groups in total. The van der Waals surface area contributed by atoms with Crippen molar-refractivity contribution in [3.8, 4) is 18.1 Å². The van der Waals surface area contributed by atoms with Gasteiger partial charge in [-0.15, -0.1) is 11.3 Å². The lowest BCUT2D eigenvalue weighted by molar-refractivity contribution is 0.202. The van der Waals surface area contributed by atoms with E-state index in [1.54, 1.807) is 0 Å². The molecule has 0 aromatic heterocycles. The first-order chi connectivity index (χ1) is 7.26. The fourth-order valence-electron chi connectivity index (χ4n) is 0.841. The highest BCUT2D eigenvalue weighted by atomic mass is 16.6. The molecular formula is C10H8N2O3. The second-order valence-corrected chi connectivity index (χ2v) is 2.53. The number of ether oxygens (including phenoxy) is 1. The Kier molecular flexibility index (Phi) is 3.86. The molecule has 1 rings (SSSR count). The third-order valence-corrected chi connectivity index (χ3v) is 1.49. The average Bonchev–Trinajstić information content (AvgIpc) is 2.27. The van der Waals surface area contributed by atoms with Crippen molar-refractivity contribution in [2.45, 2.75) is 0 Å². The summed E-state index contributed by atoms with van der Waals surface area (Å²) in [5, 5.41) is 5.03. The number of amides is 1. The van der Waals surface area contributed by atoms with Gasteiger partial charge in [0.15, 0.2) is 0 Å². The van der Waals surface area contributed by atoms with E-state index in [1.165, 1.54) is 24.3 Å². The number of hydrogen-bond acceptors (Lipinski definition) is 4. The van der Waals surface area contributed by atoms with E-state index in [0.29, 0.717) is 5.75 Å². The smallest absolute Gasteiger partial charge is 0.410 e. The summed E-state index contributed by atoms with van der Waals surface area (Å²) < 4.78 is 4.83. The maximum atomic E-state index is 11.0. The van der Waals surface area contributed by atoms with Crippen molar-refractivity contribution in [1.82, 2.24) is 5.32 Å². The minimum Gasteiger partial charge on any atom is -0.410 e. The molecule has 1 aromatic rings. The zero-order valence-electron chi connectivity index (χ0n) is 7.77. The predicted molar refractivity (Wildman–Crippen MR) is 54.8 cm³/mol. The van der Waals surface area contributed by atoms with Crippen molar-refractivity contribution in [2.75, 3.05) is 6.54 Å². The fourth-order valence-corrected chi connectivity index (χ4v) is 0.841. The van der Waals surface area contributed by atoms with Gasteiger partial charge in [-0.2, -0.15) is 0 Å². The Morgan fingerprint density at radius 1 is 1.47 bits per heavy atom. The first kappa shape index (κ1) is 10.7. The lowest BCUT2D eigenvalue weighted by Gasteiger charge is -2.03. The van der Waals surface area contributed by atoms with E-state index in [9.17, 15) is 9.70 Å². The highest BCUT2D eigenvalue weighted by Gasteiger charge is 2.02. The van der Waals surface area contributed by atoms with E-state index in [0.717, 1.165) is 0 Å². The van der Waals surface area contributed by atoms with Crippen LogP contribution in [0, 0.1) is 17.3 Å². The normalized spacial score (nSPS) is 8.73. The summed E-state index contributed by atoms with van der Waals surface area (Å²) in [6, 6.07) is 5.81. The third kappa shape index (κ3) is 3.48. The van der Waals surface area contributed by atoms with Crippen LogP contribution in [0.4, 0.5) is 10.5 Å². The molecular weight excluding hydrogens is 196 g/mol. The number of hydrogen-bond donors (Lipinski definition) is 1. The largest absolute Gasteiger partial charge is 0.413 e. The highest BCUT2D eigenvalue weighted by Crippen LogP contribution is 2.17. The van der Waals surface area contributed by atoms with Crippen LogP contribution in [0.2, 0.25) is 0 Å². The highest BCUT2D eigenvalue weighted by molar-refractivity contribution is 5.70. The molecule has 0 saturated carbocycles. The molecule has 15 heavy (non-hydrogen) atoms. The predicted octanol–water partition coefficient (Wildman–Crippen LogP) is 1.81. The van der Waals surface area contributed by atoms with Gasteiger partial charge in [-0.05, 0) is 29.4 Å². The van der Waals surface area contributed by atoms with Gasteiger partial charge >= 0.3 is 6.09 Å². The molecule has 5 heteroatoms. The first-order valence-electron chi connectivity index (χ1n) is 4.09. The van der Waals surface area contributed by atoms with E-state index in [2.05, 4.69) is 16.4 Å². The van der Waals surface area contributed by atoms with Gasteiger partial charge in [0, 0.05) is 0 Å². The van der Waals surface area contributed by atoms with Gasteiger partial charge < -0.3 is 10.1 Å². The molecule has 0 aliphatic rings. The number of terminal acetylenes is 1. The van der Waals surface area contributed by atoms with Gasteiger partial charge in [-0.1, -0.05) is 5.92 Å². The maximum absolute atomic E-state index is 11.0. The Bertz CT molecular complexity index is 392. The van der Waals surface area contributed by atoms with Gasteiger partial charge in [0.1, 0.15) is 11.4 Å². The molecule has 0 radical (unpaired) electrons. The van der Waals surface area contributed by atoms with E-state index < -0.39 is 6.09 Å². The Morgan fingerprint density at radius 2 is 2.13 bits per heavy atom. The summed E-state index contributed by atoms with van der Waals surface area (Å²) in [6.07, 6.45) is 4.30. The van der Waals surface area contributed by atoms with Crippen LogP contribution in [0.3, 0.4) is 0 Å². The molecule has 1 amide bonds. The van der Waals surface area contributed by atoms with Gasteiger partial charge in [-0.25, -0.2) is 4.79 Å². The molecule has 0 spiro atoms. The number of carbonyl (C=O) groups is 1. The summed E-state index contributed by atoms with van der Waals surface area (Å²) in [7, 11) is 0. The maximum Gasteiger partial charge on any atom is 0.413 e. The molecule has 0 aliphatic heterocycles. The van der Waals surface area contributed by atoms with Gasteiger partial charge in [0.25, 0.3) is 0 Å². The SMILES string of the molecule is C#CCNC(=O)Oc1ccc(N=O)cc1.